The lowest BCUT2D eigenvalue weighted by Gasteiger charge is -2.23. The Kier molecular flexibility index (Phi) is 6.83. The Morgan fingerprint density at radius 1 is 1.08 bits per heavy atom. The Labute approximate surface area is 220 Å². The van der Waals surface area contributed by atoms with E-state index >= 15 is 0 Å². The van der Waals surface area contributed by atoms with E-state index in [2.05, 4.69) is 10.3 Å². The zero-order valence-electron chi connectivity index (χ0n) is 21.5. The lowest BCUT2D eigenvalue weighted by molar-refractivity contribution is 0.0625. The molecule has 8 nitrogen and oxygen atoms in total. The number of fused-ring (bicyclic) bond motifs is 1. The van der Waals surface area contributed by atoms with E-state index in [4.69, 9.17) is 9.84 Å². The monoisotopic (exact) mass is 517 g/mol. The van der Waals surface area contributed by atoms with Gasteiger partial charge in [-0.2, -0.15) is 10.1 Å². The van der Waals surface area contributed by atoms with Gasteiger partial charge in [0.1, 0.15) is 4.70 Å². The van der Waals surface area contributed by atoms with Crippen LogP contribution in [0.1, 0.15) is 54.5 Å². The quantitative estimate of drug-likeness (QED) is 0.369. The molecule has 2 amide bonds. The van der Waals surface area contributed by atoms with E-state index in [0.29, 0.717) is 39.9 Å². The molecule has 1 atom stereocenters. The maximum absolute atomic E-state index is 13.6. The highest BCUT2D eigenvalue weighted by atomic mass is 32.1. The molecule has 3 heterocycles. The molecule has 37 heavy (non-hydrogen) atoms. The Bertz CT molecular complexity index is 1420. The van der Waals surface area contributed by atoms with Crippen molar-refractivity contribution in [2.75, 3.05) is 25.6 Å². The molecule has 0 bridgehead atoms. The first-order valence-corrected chi connectivity index (χ1v) is 13.2. The number of carbonyl (C=O) groups excluding carboxylic acids is 2. The molecule has 0 spiro atoms. The summed E-state index contributed by atoms with van der Waals surface area (Å²) in [6, 6.07) is 17.5. The summed E-state index contributed by atoms with van der Waals surface area (Å²) in [6.45, 7) is 7.23. The van der Waals surface area contributed by atoms with Crippen molar-refractivity contribution < 1.29 is 14.3 Å². The smallest absolute Gasteiger partial charge is 0.276 e. The van der Waals surface area contributed by atoms with Crippen molar-refractivity contribution in [2.24, 2.45) is 0 Å². The maximum Gasteiger partial charge on any atom is 0.276 e. The number of benzene rings is 2. The summed E-state index contributed by atoms with van der Waals surface area (Å²) in [5.74, 6) is -0.371. The van der Waals surface area contributed by atoms with Gasteiger partial charge in [0.15, 0.2) is 16.5 Å². The number of carbonyl (C=O) groups is 2. The van der Waals surface area contributed by atoms with E-state index < -0.39 is 5.54 Å². The van der Waals surface area contributed by atoms with E-state index in [1.807, 2.05) is 68.1 Å². The van der Waals surface area contributed by atoms with Gasteiger partial charge in [0, 0.05) is 19.2 Å². The van der Waals surface area contributed by atoms with Crippen molar-refractivity contribution >= 4 is 38.6 Å². The molecule has 0 unspecified atom stereocenters. The molecule has 5 rings (SSSR count). The van der Waals surface area contributed by atoms with Crippen LogP contribution in [0, 0.1) is 0 Å². The van der Waals surface area contributed by atoms with Crippen molar-refractivity contribution in [1.82, 2.24) is 19.7 Å². The lowest BCUT2D eigenvalue weighted by Crippen LogP contribution is -2.38. The topological polar surface area (TPSA) is 89.3 Å². The van der Waals surface area contributed by atoms with Gasteiger partial charge in [-0.1, -0.05) is 53.8 Å². The molecular weight excluding hydrogens is 486 g/mol. The van der Waals surface area contributed by atoms with Gasteiger partial charge in [0.2, 0.25) is 0 Å². The average Bonchev–Trinajstić information content (AvgIpc) is 3.59. The van der Waals surface area contributed by atoms with Crippen LogP contribution in [0.2, 0.25) is 0 Å². The number of hydrogen-bond donors (Lipinski definition) is 1. The standard InChI is InChI=1S/C28H31N5O3S/c1-28(2,3)33-24-23(22(31-33)26(35)32-16-8-11-21(32)17-36-4)37-27(29-24)30-25(34)20-14-12-19(13-15-20)18-9-6-5-7-10-18/h5-7,9-10,12-15,21H,8,11,16-17H2,1-4H3,(H,29,30,34)/t21-/m1/s1. The van der Waals surface area contributed by atoms with Crippen LogP contribution in [0.5, 0.6) is 0 Å². The highest BCUT2D eigenvalue weighted by Crippen LogP contribution is 2.34. The Morgan fingerprint density at radius 3 is 2.46 bits per heavy atom. The van der Waals surface area contributed by atoms with Crippen LogP contribution < -0.4 is 5.32 Å². The fourth-order valence-corrected chi connectivity index (χ4v) is 5.60. The fourth-order valence-electron chi connectivity index (χ4n) is 4.68. The third-order valence-electron chi connectivity index (χ3n) is 6.53. The van der Waals surface area contributed by atoms with Crippen molar-refractivity contribution in [3.63, 3.8) is 0 Å². The molecule has 1 saturated heterocycles. The minimum Gasteiger partial charge on any atom is -0.383 e. The summed E-state index contributed by atoms with van der Waals surface area (Å²) in [6.07, 6.45) is 1.85. The summed E-state index contributed by atoms with van der Waals surface area (Å²) >= 11 is 1.28. The van der Waals surface area contributed by atoms with E-state index in [0.717, 1.165) is 24.0 Å². The van der Waals surface area contributed by atoms with Gasteiger partial charge in [-0.3, -0.25) is 14.9 Å². The van der Waals surface area contributed by atoms with E-state index in [1.54, 1.807) is 23.9 Å². The van der Waals surface area contributed by atoms with Crippen molar-refractivity contribution in [2.45, 2.75) is 45.2 Å². The highest BCUT2D eigenvalue weighted by molar-refractivity contribution is 7.22. The number of methoxy groups -OCH3 is 1. The Balaban J connectivity index is 1.42. The number of aromatic nitrogens is 3. The van der Waals surface area contributed by atoms with Crippen molar-refractivity contribution in [3.05, 3.63) is 65.9 Å². The minimum atomic E-state index is -0.393. The Hall–Kier alpha value is -3.56. The van der Waals surface area contributed by atoms with Crippen LogP contribution in [-0.2, 0) is 10.3 Å². The van der Waals surface area contributed by atoms with Gasteiger partial charge in [-0.25, -0.2) is 4.68 Å². The molecule has 1 N–H and O–H groups in total. The number of ether oxygens (including phenoxy) is 1. The van der Waals surface area contributed by atoms with Gasteiger partial charge in [0.05, 0.1) is 18.2 Å². The van der Waals surface area contributed by atoms with Crippen LogP contribution in [0.15, 0.2) is 54.6 Å². The van der Waals surface area contributed by atoms with Crippen LogP contribution >= 0.6 is 11.3 Å². The molecule has 1 aliphatic heterocycles. The SMILES string of the molecule is COC[C@H]1CCCN1C(=O)c1nn(C(C)(C)C)c2nc(NC(=O)c3ccc(-c4ccccc4)cc3)sc12. The van der Waals surface area contributed by atoms with Gasteiger partial charge in [-0.15, -0.1) is 0 Å². The second-order valence-electron chi connectivity index (χ2n) is 10.3. The molecule has 1 fully saturated rings. The molecule has 0 radical (unpaired) electrons. The summed E-state index contributed by atoms with van der Waals surface area (Å²) in [7, 11) is 1.65. The zero-order valence-corrected chi connectivity index (χ0v) is 22.3. The van der Waals surface area contributed by atoms with Crippen LogP contribution in [0.4, 0.5) is 5.13 Å². The highest BCUT2D eigenvalue weighted by Gasteiger charge is 2.34. The first-order valence-electron chi connectivity index (χ1n) is 12.4. The average molecular weight is 518 g/mol. The van der Waals surface area contributed by atoms with E-state index in [1.165, 1.54) is 11.3 Å². The number of amides is 2. The number of rotatable bonds is 6. The predicted molar refractivity (Wildman–Crippen MR) is 146 cm³/mol. The largest absolute Gasteiger partial charge is 0.383 e. The molecular formula is C28H31N5O3S. The number of likely N-dealkylation sites (tertiary alicyclic amines) is 1. The fraction of sp³-hybridized carbons (Fsp3) is 0.357. The molecule has 2 aromatic heterocycles. The van der Waals surface area contributed by atoms with Crippen LogP contribution in [0.3, 0.4) is 0 Å². The molecule has 2 aromatic carbocycles. The first-order chi connectivity index (χ1) is 17.8. The van der Waals surface area contributed by atoms with Gasteiger partial charge >= 0.3 is 0 Å². The normalized spacial score (nSPS) is 15.9. The van der Waals surface area contributed by atoms with E-state index in [9.17, 15) is 9.59 Å². The number of nitrogens with zero attached hydrogens (tertiary/aromatic N) is 4. The number of anilines is 1. The maximum atomic E-state index is 13.6. The third-order valence-corrected chi connectivity index (χ3v) is 7.50. The third kappa shape index (κ3) is 5.01. The van der Waals surface area contributed by atoms with Gasteiger partial charge in [0.25, 0.3) is 11.8 Å². The Morgan fingerprint density at radius 2 is 1.78 bits per heavy atom. The zero-order chi connectivity index (χ0) is 26.2. The van der Waals surface area contributed by atoms with Gasteiger partial charge in [-0.05, 0) is 56.9 Å². The number of hydrogen-bond acceptors (Lipinski definition) is 6. The summed E-state index contributed by atoms with van der Waals surface area (Å²) in [5.41, 5.74) is 3.24. The number of nitrogens with one attached hydrogen (secondary N) is 1. The van der Waals surface area contributed by atoms with Crippen LogP contribution in [-0.4, -0.2) is 57.8 Å². The molecule has 0 aliphatic carbocycles. The summed E-state index contributed by atoms with van der Waals surface area (Å²) < 4.78 is 7.79. The van der Waals surface area contributed by atoms with Crippen molar-refractivity contribution in [1.29, 1.82) is 0 Å². The predicted octanol–water partition coefficient (Wildman–Crippen LogP) is 5.42. The molecule has 4 aromatic rings. The molecule has 9 heteroatoms. The summed E-state index contributed by atoms with van der Waals surface area (Å²) in [4.78, 5) is 33.1. The molecule has 0 saturated carbocycles. The van der Waals surface area contributed by atoms with Gasteiger partial charge < -0.3 is 9.64 Å². The van der Waals surface area contributed by atoms with E-state index in [-0.39, 0.29) is 17.9 Å². The summed E-state index contributed by atoms with van der Waals surface area (Å²) in [5, 5.41) is 8.05. The minimum absolute atomic E-state index is 0.0401. The van der Waals surface area contributed by atoms with Crippen LogP contribution in [0.25, 0.3) is 21.5 Å². The molecule has 1 aliphatic rings. The van der Waals surface area contributed by atoms with Crippen molar-refractivity contribution in [3.8, 4) is 11.1 Å². The second-order valence-corrected chi connectivity index (χ2v) is 11.2. The first kappa shape index (κ1) is 25.1. The lowest BCUT2D eigenvalue weighted by atomic mass is 10.0. The number of thiazole rings is 1. The molecule has 192 valence electrons. The second kappa shape index (κ2) is 10.1.